The number of aliphatic carboxylic acids is 1. The minimum absolute atomic E-state index is 0.0914. The van der Waals surface area contributed by atoms with Crippen LogP contribution in [0.1, 0.15) is 80.6 Å². The highest BCUT2D eigenvalue weighted by atomic mass is 16.4. The summed E-state index contributed by atoms with van der Waals surface area (Å²) in [6, 6.07) is -0.664. The predicted octanol–water partition coefficient (Wildman–Crippen LogP) is 3.59. The number of amides is 2. The quantitative estimate of drug-likeness (QED) is 0.413. The number of nitrogens with one attached hydrogen (secondary N) is 2. The highest BCUT2D eigenvalue weighted by Crippen LogP contribution is 2.21. The maximum absolute atomic E-state index is 13.0. The van der Waals surface area contributed by atoms with E-state index in [0.717, 1.165) is 12.8 Å². The van der Waals surface area contributed by atoms with Gasteiger partial charge in [-0.25, -0.2) is 4.79 Å². The standard InChI is InChI=1S/C20H37N3O4.C3H8/c1-8-11-20(21-6,12-9-2)19(27)22-16(14(3)4)17(24)23(7)13-10-15(5)18(25)26;1-3-2/h10,14,16,21H,8-9,11-13H2,1-7H3,(H,22,27)(H,25,26);3H2,1-2H3/b15-10+;. The Balaban J connectivity index is 0. The van der Waals surface area contributed by atoms with Crippen molar-refractivity contribution in [2.24, 2.45) is 5.92 Å². The third-order valence-electron chi connectivity index (χ3n) is 4.87. The molecule has 0 radical (unpaired) electrons. The molecule has 176 valence electrons. The fourth-order valence-corrected chi connectivity index (χ4v) is 3.05. The Morgan fingerprint density at radius 3 is 1.87 bits per heavy atom. The van der Waals surface area contributed by atoms with E-state index < -0.39 is 17.6 Å². The average molecular weight is 428 g/mol. The first kappa shape index (κ1) is 30.3. The number of carbonyl (C=O) groups is 3. The van der Waals surface area contributed by atoms with Crippen LogP contribution in [-0.2, 0) is 14.4 Å². The average Bonchev–Trinajstić information content (AvgIpc) is 2.69. The molecule has 0 aromatic carbocycles. The highest BCUT2D eigenvalue weighted by Gasteiger charge is 2.38. The van der Waals surface area contributed by atoms with Gasteiger partial charge in [-0.05, 0) is 32.7 Å². The van der Waals surface area contributed by atoms with E-state index in [0.29, 0.717) is 12.8 Å². The molecule has 3 N–H and O–H groups in total. The molecule has 0 aromatic heterocycles. The van der Waals surface area contributed by atoms with E-state index in [9.17, 15) is 14.4 Å². The Bertz CT molecular complexity index is 553. The van der Waals surface area contributed by atoms with E-state index in [1.54, 1.807) is 14.1 Å². The number of hydrogen-bond acceptors (Lipinski definition) is 4. The third kappa shape index (κ3) is 10.2. The van der Waals surface area contributed by atoms with Gasteiger partial charge >= 0.3 is 5.97 Å². The normalized spacial score (nSPS) is 12.7. The number of hydrogen-bond donors (Lipinski definition) is 3. The van der Waals surface area contributed by atoms with Crippen molar-refractivity contribution in [1.82, 2.24) is 15.5 Å². The van der Waals surface area contributed by atoms with Crippen LogP contribution >= 0.6 is 0 Å². The summed E-state index contributed by atoms with van der Waals surface area (Å²) in [5.41, 5.74) is -0.505. The van der Waals surface area contributed by atoms with Gasteiger partial charge < -0.3 is 20.6 Å². The largest absolute Gasteiger partial charge is 0.478 e. The SMILES string of the molecule is CCC.CCCC(CCC)(NC)C(=O)NC(C(=O)N(C)C/C=C(\C)C(=O)O)C(C)C. The molecule has 30 heavy (non-hydrogen) atoms. The smallest absolute Gasteiger partial charge is 0.331 e. The number of likely N-dealkylation sites (N-methyl/N-ethyl adjacent to an activating group) is 2. The lowest BCUT2D eigenvalue weighted by Gasteiger charge is -2.35. The van der Waals surface area contributed by atoms with Crippen LogP contribution in [0.3, 0.4) is 0 Å². The third-order valence-corrected chi connectivity index (χ3v) is 4.87. The van der Waals surface area contributed by atoms with Crippen LogP contribution in [0.15, 0.2) is 11.6 Å². The second-order valence-corrected chi connectivity index (χ2v) is 8.15. The molecule has 0 rings (SSSR count). The predicted molar refractivity (Wildman–Crippen MR) is 123 cm³/mol. The summed E-state index contributed by atoms with van der Waals surface area (Å²) in [5, 5.41) is 15.0. The van der Waals surface area contributed by atoms with Gasteiger partial charge in [0.05, 0.1) is 5.54 Å². The Hall–Kier alpha value is -1.89. The maximum atomic E-state index is 13.0. The van der Waals surface area contributed by atoms with E-state index in [1.165, 1.54) is 24.3 Å². The van der Waals surface area contributed by atoms with Gasteiger partial charge in [0.1, 0.15) is 6.04 Å². The van der Waals surface area contributed by atoms with Gasteiger partial charge in [-0.15, -0.1) is 0 Å². The van der Waals surface area contributed by atoms with E-state index >= 15 is 0 Å². The molecule has 0 heterocycles. The summed E-state index contributed by atoms with van der Waals surface area (Å²) in [6.45, 7) is 13.7. The van der Waals surface area contributed by atoms with Crippen LogP contribution in [-0.4, -0.2) is 60.0 Å². The Morgan fingerprint density at radius 2 is 1.53 bits per heavy atom. The van der Waals surface area contributed by atoms with Gasteiger partial charge in [0.15, 0.2) is 0 Å². The van der Waals surface area contributed by atoms with Gasteiger partial charge in [-0.1, -0.05) is 66.9 Å². The van der Waals surface area contributed by atoms with Crippen molar-refractivity contribution in [3.8, 4) is 0 Å². The van der Waals surface area contributed by atoms with Crippen molar-refractivity contribution in [1.29, 1.82) is 0 Å². The van der Waals surface area contributed by atoms with Crippen LogP contribution in [0.4, 0.5) is 0 Å². The van der Waals surface area contributed by atoms with Gasteiger partial charge in [-0.2, -0.15) is 0 Å². The van der Waals surface area contributed by atoms with Crippen molar-refractivity contribution in [3.05, 3.63) is 11.6 Å². The van der Waals surface area contributed by atoms with Crippen LogP contribution < -0.4 is 10.6 Å². The van der Waals surface area contributed by atoms with Crippen LogP contribution in [0.25, 0.3) is 0 Å². The highest BCUT2D eigenvalue weighted by molar-refractivity contribution is 5.92. The Morgan fingerprint density at radius 1 is 1.07 bits per heavy atom. The molecule has 7 nitrogen and oxygen atoms in total. The summed E-state index contributed by atoms with van der Waals surface area (Å²) < 4.78 is 0. The molecule has 0 saturated heterocycles. The molecule has 0 spiro atoms. The minimum atomic E-state index is -1.01. The molecular formula is C23H45N3O4. The fourth-order valence-electron chi connectivity index (χ4n) is 3.05. The zero-order valence-corrected chi connectivity index (χ0v) is 20.6. The molecule has 0 fully saturated rings. The molecule has 0 aliphatic heterocycles. The van der Waals surface area contributed by atoms with Crippen LogP contribution in [0.2, 0.25) is 0 Å². The van der Waals surface area contributed by atoms with Gasteiger partial charge in [0.2, 0.25) is 11.8 Å². The molecule has 7 heteroatoms. The maximum Gasteiger partial charge on any atom is 0.331 e. The fraction of sp³-hybridized carbons (Fsp3) is 0.783. The van der Waals surface area contributed by atoms with E-state index in [4.69, 9.17) is 5.11 Å². The lowest BCUT2D eigenvalue weighted by molar-refractivity contribution is -0.138. The number of carbonyl (C=O) groups excluding carboxylic acids is 2. The van der Waals surface area contributed by atoms with Gasteiger partial charge in [-0.3, -0.25) is 9.59 Å². The Kier molecular flexibility index (Phi) is 16.0. The van der Waals surface area contributed by atoms with E-state index in [-0.39, 0.29) is 29.9 Å². The molecular weight excluding hydrogens is 382 g/mol. The van der Waals surface area contributed by atoms with Gasteiger partial charge in [0, 0.05) is 19.2 Å². The second kappa shape index (κ2) is 15.9. The minimum Gasteiger partial charge on any atom is -0.478 e. The molecule has 1 unspecified atom stereocenters. The van der Waals surface area contributed by atoms with Crippen LogP contribution in [0.5, 0.6) is 0 Å². The van der Waals surface area contributed by atoms with Crippen LogP contribution in [0, 0.1) is 5.92 Å². The summed E-state index contributed by atoms with van der Waals surface area (Å²) in [7, 11) is 3.39. The molecule has 0 aliphatic rings. The van der Waals surface area contributed by atoms with Crippen molar-refractivity contribution < 1.29 is 19.5 Å². The van der Waals surface area contributed by atoms with E-state index in [2.05, 4.69) is 24.5 Å². The molecule has 1 atom stereocenters. The number of rotatable bonds is 12. The van der Waals surface area contributed by atoms with Crippen molar-refractivity contribution in [2.45, 2.75) is 92.2 Å². The topological polar surface area (TPSA) is 98.7 Å². The first-order valence-corrected chi connectivity index (χ1v) is 11.1. The molecule has 0 bridgehead atoms. The van der Waals surface area contributed by atoms with Gasteiger partial charge in [0.25, 0.3) is 0 Å². The summed E-state index contributed by atoms with van der Waals surface area (Å²) >= 11 is 0. The molecule has 0 aliphatic carbocycles. The van der Waals surface area contributed by atoms with Crippen molar-refractivity contribution >= 4 is 17.8 Å². The first-order chi connectivity index (χ1) is 14.0. The molecule has 2 amide bonds. The zero-order valence-electron chi connectivity index (χ0n) is 20.6. The monoisotopic (exact) mass is 427 g/mol. The summed E-state index contributed by atoms with van der Waals surface area (Å²) in [4.78, 5) is 38.2. The molecule has 0 saturated carbocycles. The zero-order chi connectivity index (χ0) is 23.9. The summed E-state index contributed by atoms with van der Waals surface area (Å²) in [6.07, 6.45) is 5.84. The second-order valence-electron chi connectivity index (χ2n) is 8.15. The van der Waals surface area contributed by atoms with Crippen molar-refractivity contribution in [2.75, 3.05) is 20.6 Å². The molecule has 0 aromatic rings. The van der Waals surface area contributed by atoms with E-state index in [1.807, 2.05) is 27.7 Å². The van der Waals surface area contributed by atoms with Crippen molar-refractivity contribution in [3.63, 3.8) is 0 Å². The number of nitrogens with zero attached hydrogens (tertiary/aromatic N) is 1. The number of carboxylic acids is 1. The number of carboxylic acid groups (broad SMARTS) is 1. The first-order valence-electron chi connectivity index (χ1n) is 11.1. The Labute approximate surface area is 183 Å². The lowest BCUT2D eigenvalue weighted by atomic mass is 9.87. The lowest BCUT2D eigenvalue weighted by Crippen LogP contribution is -2.60. The summed E-state index contributed by atoms with van der Waals surface area (Å²) in [5.74, 6) is -1.49.